The van der Waals surface area contributed by atoms with E-state index in [0.717, 1.165) is 34.1 Å². The molecule has 0 saturated carbocycles. The monoisotopic (exact) mass is 498 g/mol. The normalized spacial score (nSPS) is 12.9. The number of carbonyl (C=O) groups is 1. The number of hydrogen-bond donors (Lipinski definition) is 1. The molecule has 1 N–H and O–H groups in total. The lowest BCUT2D eigenvalue weighted by Gasteiger charge is -2.28. The number of nitriles is 1. The van der Waals surface area contributed by atoms with Crippen LogP contribution in [0.4, 0.5) is 21.5 Å². The fourth-order valence-electron chi connectivity index (χ4n) is 4.15. The van der Waals surface area contributed by atoms with Gasteiger partial charge in [-0.1, -0.05) is 38.1 Å². The van der Waals surface area contributed by atoms with Crippen molar-refractivity contribution in [2.75, 3.05) is 16.8 Å². The summed E-state index contributed by atoms with van der Waals surface area (Å²) in [6.07, 6.45) is 2.24. The number of amides is 1. The molecule has 1 aliphatic heterocycles. The molecule has 4 rings (SSSR count). The molecular formula is C29H27FN4OS. The van der Waals surface area contributed by atoms with Crippen LogP contribution in [0.3, 0.4) is 0 Å². The van der Waals surface area contributed by atoms with Crippen LogP contribution in [0, 0.1) is 23.1 Å². The first kappa shape index (κ1) is 25.2. The zero-order valence-electron chi connectivity index (χ0n) is 20.3. The van der Waals surface area contributed by atoms with E-state index in [0.29, 0.717) is 34.8 Å². The Kier molecular flexibility index (Phi) is 7.87. The van der Waals surface area contributed by atoms with Gasteiger partial charge < -0.3 is 10.2 Å². The third kappa shape index (κ3) is 5.67. The van der Waals surface area contributed by atoms with Gasteiger partial charge >= 0.3 is 0 Å². The summed E-state index contributed by atoms with van der Waals surface area (Å²) in [5.74, 6) is 0.262. The van der Waals surface area contributed by atoms with E-state index >= 15 is 0 Å². The van der Waals surface area contributed by atoms with Gasteiger partial charge in [-0.3, -0.25) is 9.79 Å². The summed E-state index contributed by atoms with van der Waals surface area (Å²) in [4.78, 5) is 20.1. The molecule has 0 saturated heterocycles. The molecule has 1 amide bonds. The second kappa shape index (κ2) is 11.2. The van der Waals surface area contributed by atoms with E-state index in [1.165, 1.54) is 17.8 Å². The lowest BCUT2D eigenvalue weighted by molar-refractivity contribution is 0.102. The first-order chi connectivity index (χ1) is 17.4. The molecule has 0 spiro atoms. The van der Waals surface area contributed by atoms with Crippen molar-refractivity contribution in [3.05, 3.63) is 99.8 Å². The number of fused-ring (bicyclic) bond motifs is 2. The average Bonchev–Trinajstić information content (AvgIpc) is 2.97. The Morgan fingerprint density at radius 3 is 2.72 bits per heavy atom. The Labute approximate surface area is 215 Å². The summed E-state index contributed by atoms with van der Waals surface area (Å²) >= 11 is 1.47. The zero-order valence-corrected chi connectivity index (χ0v) is 21.1. The second-order valence-corrected chi connectivity index (χ2v) is 10.1. The van der Waals surface area contributed by atoms with Crippen molar-refractivity contribution < 1.29 is 9.18 Å². The Hall–Kier alpha value is -3.89. The molecule has 1 aliphatic rings. The summed E-state index contributed by atoms with van der Waals surface area (Å²) in [7, 11) is 0. The minimum atomic E-state index is -0.398. The number of aliphatic imine (C=N–C) groups is 1. The lowest BCUT2D eigenvalue weighted by Crippen LogP contribution is -2.23. The highest BCUT2D eigenvalue weighted by atomic mass is 32.2. The molecule has 7 heteroatoms. The number of nitrogens with zero attached hydrogens (tertiary/aromatic N) is 3. The number of thioether (sulfide) groups is 1. The van der Waals surface area contributed by atoms with Crippen LogP contribution in [0.5, 0.6) is 0 Å². The van der Waals surface area contributed by atoms with Gasteiger partial charge in [-0.25, -0.2) is 4.39 Å². The van der Waals surface area contributed by atoms with Crippen LogP contribution in [0.25, 0.3) is 0 Å². The molecule has 1 heterocycles. The Morgan fingerprint density at radius 1 is 1.19 bits per heavy atom. The van der Waals surface area contributed by atoms with Crippen molar-refractivity contribution in [3.8, 4) is 6.07 Å². The number of hydrogen-bond acceptors (Lipinski definition) is 5. The molecule has 5 nitrogen and oxygen atoms in total. The fraction of sp³-hybridized carbons (Fsp3) is 0.207. The lowest BCUT2D eigenvalue weighted by atomic mass is 10.1. The first-order valence-corrected chi connectivity index (χ1v) is 12.6. The molecule has 0 radical (unpaired) electrons. The molecule has 0 unspecified atom stereocenters. The summed E-state index contributed by atoms with van der Waals surface area (Å²) in [6, 6.07) is 20.2. The van der Waals surface area contributed by atoms with Crippen molar-refractivity contribution in [1.29, 1.82) is 5.26 Å². The summed E-state index contributed by atoms with van der Waals surface area (Å²) in [5.41, 5.74) is 5.05. The minimum absolute atomic E-state index is 0.135. The van der Waals surface area contributed by atoms with Crippen molar-refractivity contribution in [2.45, 2.75) is 26.0 Å². The van der Waals surface area contributed by atoms with E-state index in [-0.39, 0.29) is 5.91 Å². The van der Waals surface area contributed by atoms with Crippen molar-refractivity contribution in [1.82, 2.24) is 0 Å². The minimum Gasteiger partial charge on any atom is -0.339 e. The molecule has 3 aromatic rings. The molecule has 182 valence electrons. The van der Waals surface area contributed by atoms with Gasteiger partial charge in [0.2, 0.25) is 0 Å². The van der Waals surface area contributed by atoms with Gasteiger partial charge in [0, 0.05) is 29.8 Å². The van der Waals surface area contributed by atoms with Crippen LogP contribution in [-0.4, -0.2) is 19.2 Å². The number of allylic oxidation sites excluding steroid dienone is 1. The van der Waals surface area contributed by atoms with E-state index < -0.39 is 5.82 Å². The highest BCUT2D eigenvalue weighted by Gasteiger charge is 2.25. The van der Waals surface area contributed by atoms with E-state index in [2.05, 4.69) is 35.8 Å². The van der Waals surface area contributed by atoms with E-state index in [9.17, 15) is 9.18 Å². The third-order valence-corrected chi connectivity index (χ3v) is 6.87. The maximum absolute atomic E-state index is 14.3. The molecule has 0 atom stereocenters. The molecule has 36 heavy (non-hydrogen) atoms. The van der Waals surface area contributed by atoms with Gasteiger partial charge in [-0.05, 0) is 60.2 Å². The Morgan fingerprint density at radius 2 is 2.00 bits per heavy atom. The van der Waals surface area contributed by atoms with Crippen LogP contribution in [0.2, 0.25) is 0 Å². The Balaban J connectivity index is 1.59. The molecule has 3 aromatic carbocycles. The van der Waals surface area contributed by atoms with E-state index in [4.69, 9.17) is 5.26 Å². The number of halogens is 1. The molecule has 0 aromatic heterocycles. The average molecular weight is 499 g/mol. The second-order valence-electron chi connectivity index (χ2n) is 8.99. The first-order valence-electron chi connectivity index (χ1n) is 11.7. The van der Waals surface area contributed by atoms with E-state index in [1.807, 2.05) is 48.5 Å². The van der Waals surface area contributed by atoms with Crippen molar-refractivity contribution in [2.24, 2.45) is 10.9 Å². The van der Waals surface area contributed by atoms with Crippen LogP contribution in [0.15, 0.2) is 76.8 Å². The largest absolute Gasteiger partial charge is 0.339 e. The summed E-state index contributed by atoms with van der Waals surface area (Å²) in [6.45, 7) is 8.66. The number of anilines is 3. The standard InChI is InChI=1S/C29H27FN4OS/c1-19(2)17-34-27-7-5-4-6-24(27)29(35)33-26-14-20(9-11-28(26)34)12-23(16-32-3)36-18-22-10-8-21(15-31)13-25(22)30/h4-11,13-14,16,19H,3,12,17-18H2,1-2H3,(H,33,35)/b23-16-. The quantitative estimate of drug-likeness (QED) is 0.337. The van der Waals surface area contributed by atoms with Gasteiger partial charge in [0.05, 0.1) is 34.3 Å². The van der Waals surface area contributed by atoms with Gasteiger partial charge in [-0.2, -0.15) is 5.26 Å². The van der Waals surface area contributed by atoms with Crippen LogP contribution in [-0.2, 0) is 12.2 Å². The number of benzene rings is 3. The smallest absolute Gasteiger partial charge is 0.257 e. The van der Waals surface area contributed by atoms with Crippen LogP contribution >= 0.6 is 11.8 Å². The van der Waals surface area contributed by atoms with Crippen molar-refractivity contribution >= 4 is 41.4 Å². The van der Waals surface area contributed by atoms with Crippen LogP contribution in [0.1, 0.15) is 40.9 Å². The molecular weight excluding hydrogens is 471 g/mol. The predicted molar refractivity (Wildman–Crippen MR) is 146 cm³/mol. The third-order valence-electron chi connectivity index (χ3n) is 5.80. The Bertz CT molecular complexity index is 1380. The van der Waals surface area contributed by atoms with Crippen LogP contribution < -0.4 is 10.2 Å². The number of nitrogens with one attached hydrogen (secondary N) is 1. The van der Waals surface area contributed by atoms with Gasteiger partial charge in [0.15, 0.2) is 0 Å². The number of para-hydroxylation sites is 1. The summed E-state index contributed by atoms with van der Waals surface area (Å²) < 4.78 is 14.3. The molecule has 0 bridgehead atoms. The predicted octanol–water partition coefficient (Wildman–Crippen LogP) is 7.08. The maximum Gasteiger partial charge on any atom is 0.257 e. The maximum atomic E-state index is 14.3. The summed E-state index contributed by atoms with van der Waals surface area (Å²) in [5, 5.41) is 12.0. The molecule has 0 fully saturated rings. The van der Waals surface area contributed by atoms with Gasteiger partial charge in [0.25, 0.3) is 5.91 Å². The van der Waals surface area contributed by atoms with E-state index in [1.54, 1.807) is 18.3 Å². The zero-order chi connectivity index (χ0) is 25.7. The number of rotatable bonds is 8. The number of carbonyl (C=O) groups excluding carboxylic acids is 1. The highest BCUT2D eigenvalue weighted by Crippen LogP contribution is 2.39. The topological polar surface area (TPSA) is 68.5 Å². The highest BCUT2D eigenvalue weighted by molar-refractivity contribution is 8.02. The van der Waals surface area contributed by atoms with Gasteiger partial charge in [0.1, 0.15) is 5.82 Å². The fourth-order valence-corrected chi connectivity index (χ4v) is 5.15. The van der Waals surface area contributed by atoms with Gasteiger partial charge in [-0.15, -0.1) is 11.8 Å². The van der Waals surface area contributed by atoms with Crippen molar-refractivity contribution in [3.63, 3.8) is 0 Å². The molecule has 0 aliphatic carbocycles. The SMILES string of the molecule is C=N/C=C(/Cc1ccc2c(c1)NC(=O)c1ccccc1N2CC(C)C)SCc1ccc(C#N)cc1F.